The Balaban J connectivity index is 1.58. The van der Waals surface area contributed by atoms with E-state index in [1.165, 1.54) is 12.8 Å². The van der Waals surface area contributed by atoms with Gasteiger partial charge in [0.2, 0.25) is 5.88 Å². The molecule has 0 unspecified atom stereocenters. The molecule has 2 bridgehead atoms. The fourth-order valence-corrected chi connectivity index (χ4v) is 5.29. The van der Waals surface area contributed by atoms with Crippen LogP contribution in [0, 0.1) is 0 Å². The van der Waals surface area contributed by atoms with E-state index in [0.717, 1.165) is 41.0 Å². The second-order valence-electron chi connectivity index (χ2n) is 9.07. The summed E-state index contributed by atoms with van der Waals surface area (Å²) in [6.07, 6.45) is 5.12. The van der Waals surface area contributed by atoms with Crippen molar-refractivity contribution in [3.8, 4) is 46.0 Å². The molecule has 0 radical (unpaired) electrons. The molecule has 0 amide bonds. The van der Waals surface area contributed by atoms with Gasteiger partial charge in [0.05, 0.1) is 34.1 Å². The molecule has 6 rings (SSSR count). The fraction of sp³-hybridized carbons (Fsp3) is 0.370. The minimum Gasteiger partial charge on any atom is -0.493 e. The molecule has 9 heteroatoms. The van der Waals surface area contributed by atoms with E-state index < -0.39 is 0 Å². The van der Waals surface area contributed by atoms with Crippen molar-refractivity contribution in [3.05, 3.63) is 47.4 Å². The first kappa shape index (κ1) is 22.5. The Bertz CT molecular complexity index is 1460. The van der Waals surface area contributed by atoms with Gasteiger partial charge in [0.15, 0.2) is 34.3 Å². The maximum absolute atomic E-state index is 6.39. The summed E-state index contributed by atoms with van der Waals surface area (Å²) < 4.78 is 30.5. The molecule has 2 aliphatic rings. The predicted octanol–water partition coefficient (Wildman–Crippen LogP) is 5.18. The van der Waals surface area contributed by atoms with Crippen molar-refractivity contribution in [3.63, 3.8) is 0 Å². The van der Waals surface area contributed by atoms with E-state index in [9.17, 15) is 0 Å². The van der Waals surface area contributed by atoms with Crippen molar-refractivity contribution in [2.24, 2.45) is 0 Å². The highest BCUT2D eigenvalue weighted by atomic mass is 16.5. The van der Waals surface area contributed by atoms with E-state index in [1.807, 2.05) is 34.8 Å². The van der Waals surface area contributed by atoms with Crippen molar-refractivity contribution in [1.82, 2.24) is 19.6 Å². The van der Waals surface area contributed by atoms with Gasteiger partial charge in [-0.25, -0.2) is 9.50 Å². The second kappa shape index (κ2) is 8.89. The van der Waals surface area contributed by atoms with Crippen LogP contribution in [-0.4, -0.2) is 48.0 Å². The van der Waals surface area contributed by atoms with Crippen molar-refractivity contribution >= 4 is 5.52 Å². The number of imidazole rings is 1. The van der Waals surface area contributed by atoms with Gasteiger partial charge in [0.1, 0.15) is 11.6 Å². The summed E-state index contributed by atoms with van der Waals surface area (Å²) in [5.41, 5.74) is 3.38. The van der Waals surface area contributed by atoms with Gasteiger partial charge in [-0.05, 0) is 37.1 Å². The number of rotatable bonds is 6. The van der Waals surface area contributed by atoms with E-state index in [1.54, 1.807) is 28.4 Å². The first-order valence-corrected chi connectivity index (χ1v) is 12.1. The second-order valence-corrected chi connectivity index (χ2v) is 9.07. The summed E-state index contributed by atoms with van der Waals surface area (Å²) in [5, 5.41) is 4.98. The van der Waals surface area contributed by atoms with Gasteiger partial charge >= 0.3 is 0 Å². The summed E-state index contributed by atoms with van der Waals surface area (Å²) in [7, 11) is 6.49. The minimum atomic E-state index is 0.340. The molecule has 0 atom stereocenters. The lowest BCUT2D eigenvalue weighted by Crippen LogP contribution is -2.08. The van der Waals surface area contributed by atoms with Gasteiger partial charge in [-0.2, -0.15) is 4.98 Å². The van der Waals surface area contributed by atoms with Crippen LogP contribution in [-0.2, 0) is 6.42 Å². The highest BCUT2D eigenvalue weighted by Gasteiger charge is 2.30. The first-order chi connectivity index (χ1) is 17.6. The van der Waals surface area contributed by atoms with Crippen molar-refractivity contribution < 1.29 is 23.7 Å². The number of aromatic nitrogens is 4. The zero-order chi connectivity index (χ0) is 24.8. The van der Waals surface area contributed by atoms with E-state index in [0.29, 0.717) is 52.8 Å². The lowest BCUT2D eigenvalue weighted by Gasteiger charge is -2.18. The summed E-state index contributed by atoms with van der Waals surface area (Å²) in [4.78, 5) is 9.99. The Kier molecular flexibility index (Phi) is 5.55. The van der Waals surface area contributed by atoms with Crippen LogP contribution in [0.1, 0.15) is 48.7 Å². The van der Waals surface area contributed by atoms with Crippen LogP contribution in [0.15, 0.2) is 30.3 Å². The fourth-order valence-electron chi connectivity index (χ4n) is 5.29. The van der Waals surface area contributed by atoms with E-state index in [4.69, 9.17) is 38.8 Å². The van der Waals surface area contributed by atoms with E-state index >= 15 is 0 Å². The molecule has 4 aromatic rings. The average molecular weight is 489 g/mol. The van der Waals surface area contributed by atoms with Crippen LogP contribution in [0.25, 0.3) is 16.9 Å². The average Bonchev–Trinajstić information content (AvgIpc) is 3.55. The molecule has 0 saturated heterocycles. The van der Waals surface area contributed by atoms with Crippen molar-refractivity contribution in [2.75, 3.05) is 28.4 Å². The molecule has 2 aromatic carbocycles. The van der Waals surface area contributed by atoms with Crippen LogP contribution < -0.4 is 23.7 Å². The zero-order valence-corrected chi connectivity index (χ0v) is 20.8. The molecule has 36 heavy (non-hydrogen) atoms. The van der Waals surface area contributed by atoms with E-state index in [2.05, 4.69) is 0 Å². The highest BCUT2D eigenvalue weighted by molar-refractivity contribution is 5.69. The highest BCUT2D eigenvalue weighted by Crippen LogP contribution is 2.43. The number of ether oxygens (including phenoxy) is 5. The molecule has 1 fully saturated rings. The normalized spacial score (nSPS) is 14.8. The third kappa shape index (κ3) is 3.57. The standard InChI is InChI=1S/C27H28N4O5/c1-32-20-10-9-16(13-21(20)33-2)25-29-27-23-19(28-26(31(23)30-25)15-7-5-6-8-15)12-17-11-18(36-27)14-22(34-3)24(17)35-4/h9-11,13-15H,5-8,12H2,1-4H3. The zero-order valence-electron chi connectivity index (χ0n) is 20.8. The number of hydrogen-bond acceptors (Lipinski definition) is 8. The molecule has 0 spiro atoms. The smallest absolute Gasteiger partial charge is 0.249 e. The Morgan fingerprint density at radius 1 is 0.861 bits per heavy atom. The molecule has 1 aliphatic heterocycles. The Morgan fingerprint density at radius 3 is 2.36 bits per heavy atom. The van der Waals surface area contributed by atoms with Crippen LogP contribution in [0.5, 0.6) is 34.6 Å². The molecule has 3 heterocycles. The summed E-state index contributed by atoms with van der Waals surface area (Å²) in [5.74, 6) is 5.42. The molecule has 2 aromatic heterocycles. The van der Waals surface area contributed by atoms with Gasteiger partial charge < -0.3 is 23.7 Å². The molecule has 186 valence electrons. The maximum atomic E-state index is 6.39. The van der Waals surface area contributed by atoms with Crippen molar-refractivity contribution in [1.29, 1.82) is 0 Å². The van der Waals surface area contributed by atoms with Crippen molar-refractivity contribution in [2.45, 2.75) is 38.0 Å². The summed E-state index contributed by atoms with van der Waals surface area (Å²) in [6.45, 7) is 0. The monoisotopic (exact) mass is 488 g/mol. The molecule has 1 aliphatic carbocycles. The van der Waals surface area contributed by atoms with Gasteiger partial charge in [-0.15, -0.1) is 5.10 Å². The van der Waals surface area contributed by atoms with Crippen LogP contribution in [0.4, 0.5) is 0 Å². The molecule has 9 nitrogen and oxygen atoms in total. The van der Waals surface area contributed by atoms with Crippen LogP contribution in [0.3, 0.4) is 0 Å². The van der Waals surface area contributed by atoms with Gasteiger partial charge in [0.25, 0.3) is 0 Å². The molecule has 0 N–H and O–H groups in total. The minimum absolute atomic E-state index is 0.340. The number of methoxy groups -OCH3 is 4. The lowest BCUT2D eigenvalue weighted by atomic mass is 10.1. The van der Waals surface area contributed by atoms with Gasteiger partial charge in [-0.3, -0.25) is 0 Å². The predicted molar refractivity (Wildman–Crippen MR) is 133 cm³/mol. The molecular formula is C27H28N4O5. The number of fused-ring (bicyclic) bond motifs is 2. The van der Waals surface area contributed by atoms with Gasteiger partial charge in [-0.1, -0.05) is 12.8 Å². The largest absolute Gasteiger partial charge is 0.493 e. The molecule has 1 saturated carbocycles. The van der Waals surface area contributed by atoms with Crippen LogP contribution in [0.2, 0.25) is 0 Å². The Labute approximate surface area is 208 Å². The number of hydrogen-bond donors (Lipinski definition) is 0. The first-order valence-electron chi connectivity index (χ1n) is 12.1. The summed E-state index contributed by atoms with van der Waals surface area (Å²) in [6, 6.07) is 9.42. The number of nitrogens with zero attached hydrogens (tertiary/aromatic N) is 4. The maximum Gasteiger partial charge on any atom is 0.249 e. The Hall–Kier alpha value is -4.01. The SMILES string of the molecule is COc1ccc(-c2nc3c4c(nc(C5CCCC5)n4n2)Cc2cc(cc(OC)c2OC)O3)cc1OC. The quantitative estimate of drug-likeness (QED) is 0.323. The molecular weight excluding hydrogens is 460 g/mol. The Morgan fingerprint density at radius 2 is 1.64 bits per heavy atom. The third-order valence-corrected chi connectivity index (χ3v) is 7.02. The van der Waals surface area contributed by atoms with E-state index in [-0.39, 0.29) is 0 Å². The topological polar surface area (TPSA) is 89.2 Å². The lowest BCUT2D eigenvalue weighted by molar-refractivity contribution is 0.348. The number of benzene rings is 2. The summed E-state index contributed by atoms with van der Waals surface area (Å²) >= 11 is 0. The van der Waals surface area contributed by atoms with Crippen LogP contribution >= 0.6 is 0 Å². The van der Waals surface area contributed by atoms with Gasteiger partial charge in [0, 0.05) is 29.5 Å². The third-order valence-electron chi connectivity index (χ3n) is 7.02.